The summed E-state index contributed by atoms with van der Waals surface area (Å²) in [4.78, 5) is 12.3. The van der Waals surface area contributed by atoms with Gasteiger partial charge in [0, 0.05) is 18.0 Å². The molecule has 2 heterocycles. The molecule has 0 aliphatic carbocycles. The van der Waals surface area contributed by atoms with E-state index in [4.69, 9.17) is 0 Å². The molecule has 7 heteroatoms. The number of aryl methyl sites for hydroxylation is 1. The Bertz CT molecular complexity index is 1130. The summed E-state index contributed by atoms with van der Waals surface area (Å²) < 4.78 is 1.60. The second-order valence-electron chi connectivity index (χ2n) is 5.79. The van der Waals surface area contributed by atoms with Crippen molar-refractivity contribution in [2.75, 3.05) is 0 Å². The molecule has 2 N–H and O–H groups in total. The number of carbonyl (C=O) groups excluding carboxylic acids is 1. The van der Waals surface area contributed by atoms with Crippen LogP contribution in [0.4, 0.5) is 5.69 Å². The number of fused-ring (bicyclic) bond motifs is 1. The smallest absolute Gasteiger partial charge is 0.313 e. The van der Waals surface area contributed by atoms with Crippen LogP contribution in [-0.2, 0) is 7.05 Å². The summed E-state index contributed by atoms with van der Waals surface area (Å²) in [5.74, 6) is -0.607. The SMILES string of the molecule is Cn1c(O)c(N=NC(=O)c2cc(-c3ccccc3)n[nH]2)c2ccccc21. The zero-order chi connectivity index (χ0) is 18.1. The van der Waals surface area contributed by atoms with Crippen LogP contribution in [0.1, 0.15) is 10.5 Å². The minimum Gasteiger partial charge on any atom is -0.493 e. The number of aromatic amines is 1. The van der Waals surface area contributed by atoms with E-state index in [0.717, 1.165) is 16.5 Å². The molecule has 0 radical (unpaired) electrons. The van der Waals surface area contributed by atoms with Crippen LogP contribution >= 0.6 is 0 Å². The Labute approximate surface area is 148 Å². The van der Waals surface area contributed by atoms with E-state index < -0.39 is 5.91 Å². The number of azo groups is 1. The standard InChI is InChI=1S/C19H15N5O2/c1-24-16-10-6-5-9-13(16)17(19(24)26)22-23-18(25)15-11-14(20-21-15)12-7-3-2-4-8-12/h2-11,26H,1H3,(H,20,21). The Kier molecular flexibility index (Phi) is 3.81. The molecule has 128 valence electrons. The summed E-state index contributed by atoms with van der Waals surface area (Å²) in [5.41, 5.74) is 2.84. The summed E-state index contributed by atoms with van der Waals surface area (Å²) >= 11 is 0. The first-order valence-corrected chi connectivity index (χ1v) is 7.98. The Morgan fingerprint density at radius 3 is 2.65 bits per heavy atom. The molecule has 0 bridgehead atoms. The van der Waals surface area contributed by atoms with E-state index in [9.17, 15) is 9.90 Å². The van der Waals surface area contributed by atoms with E-state index >= 15 is 0 Å². The van der Waals surface area contributed by atoms with Gasteiger partial charge in [-0.15, -0.1) is 10.2 Å². The van der Waals surface area contributed by atoms with Crippen LogP contribution in [0.2, 0.25) is 0 Å². The third-order valence-corrected chi connectivity index (χ3v) is 4.17. The predicted molar refractivity (Wildman–Crippen MR) is 97.5 cm³/mol. The van der Waals surface area contributed by atoms with Gasteiger partial charge in [0.25, 0.3) is 0 Å². The molecule has 2 aromatic carbocycles. The van der Waals surface area contributed by atoms with Crippen molar-refractivity contribution in [1.82, 2.24) is 14.8 Å². The molecule has 1 amide bonds. The topological polar surface area (TPSA) is 95.6 Å². The zero-order valence-corrected chi connectivity index (χ0v) is 13.9. The van der Waals surface area contributed by atoms with Crippen LogP contribution in [-0.4, -0.2) is 25.8 Å². The lowest BCUT2D eigenvalue weighted by Gasteiger charge is -1.95. The number of hydrogen-bond acceptors (Lipinski definition) is 4. The number of H-pyrrole nitrogens is 1. The number of carbonyl (C=O) groups is 1. The molecule has 0 saturated carbocycles. The van der Waals surface area contributed by atoms with Crippen molar-refractivity contribution < 1.29 is 9.90 Å². The average molecular weight is 345 g/mol. The highest BCUT2D eigenvalue weighted by Crippen LogP contribution is 2.37. The molecule has 26 heavy (non-hydrogen) atoms. The predicted octanol–water partition coefficient (Wildman–Crippen LogP) is 4.20. The van der Waals surface area contributed by atoms with Crippen molar-refractivity contribution in [3.8, 4) is 17.1 Å². The van der Waals surface area contributed by atoms with E-state index in [2.05, 4.69) is 20.4 Å². The van der Waals surface area contributed by atoms with Crippen molar-refractivity contribution in [3.63, 3.8) is 0 Å². The highest BCUT2D eigenvalue weighted by molar-refractivity contribution is 5.97. The number of aromatic nitrogens is 3. The first-order chi connectivity index (χ1) is 12.6. The van der Waals surface area contributed by atoms with Crippen LogP contribution in [0.5, 0.6) is 5.88 Å². The van der Waals surface area contributed by atoms with Gasteiger partial charge in [-0.2, -0.15) is 5.10 Å². The maximum atomic E-state index is 12.3. The number of hydrogen-bond donors (Lipinski definition) is 2. The number of benzene rings is 2. The lowest BCUT2D eigenvalue weighted by atomic mass is 10.1. The molecule has 4 rings (SSSR count). The van der Waals surface area contributed by atoms with Crippen LogP contribution in [0, 0.1) is 0 Å². The fourth-order valence-electron chi connectivity index (χ4n) is 2.80. The van der Waals surface area contributed by atoms with E-state index in [0.29, 0.717) is 5.69 Å². The van der Waals surface area contributed by atoms with Gasteiger partial charge in [-0.3, -0.25) is 9.89 Å². The second-order valence-corrected chi connectivity index (χ2v) is 5.79. The summed E-state index contributed by atoms with van der Waals surface area (Å²) in [6, 6.07) is 18.5. The molecule has 0 aliphatic rings. The van der Waals surface area contributed by atoms with E-state index in [1.807, 2.05) is 54.6 Å². The van der Waals surface area contributed by atoms with E-state index in [1.54, 1.807) is 17.7 Å². The minimum absolute atomic E-state index is 0.0441. The number of amides is 1. The lowest BCUT2D eigenvalue weighted by Crippen LogP contribution is -1.93. The average Bonchev–Trinajstić information content (AvgIpc) is 3.26. The molecule has 0 spiro atoms. The van der Waals surface area contributed by atoms with Crippen molar-refractivity contribution in [1.29, 1.82) is 0 Å². The first kappa shape index (κ1) is 15.8. The van der Waals surface area contributed by atoms with Crippen molar-refractivity contribution in [2.24, 2.45) is 17.3 Å². The van der Waals surface area contributed by atoms with Crippen LogP contribution < -0.4 is 0 Å². The van der Waals surface area contributed by atoms with Gasteiger partial charge in [0.15, 0.2) is 5.69 Å². The third-order valence-electron chi connectivity index (χ3n) is 4.17. The zero-order valence-electron chi connectivity index (χ0n) is 13.9. The van der Waals surface area contributed by atoms with Gasteiger partial charge >= 0.3 is 5.91 Å². The molecule has 0 unspecified atom stereocenters. The van der Waals surface area contributed by atoms with Gasteiger partial charge in [-0.1, -0.05) is 48.5 Å². The van der Waals surface area contributed by atoms with Crippen molar-refractivity contribution >= 4 is 22.5 Å². The Hall–Kier alpha value is -3.74. The van der Waals surface area contributed by atoms with Gasteiger partial charge in [-0.05, 0) is 12.1 Å². The molecule has 0 atom stereocenters. The number of nitrogens with one attached hydrogen (secondary N) is 1. The fraction of sp³-hybridized carbons (Fsp3) is 0.0526. The molecule has 0 saturated heterocycles. The molecule has 0 aliphatic heterocycles. The summed E-state index contributed by atoms with van der Waals surface area (Å²) in [7, 11) is 1.72. The first-order valence-electron chi connectivity index (χ1n) is 7.98. The Morgan fingerprint density at radius 1 is 1.12 bits per heavy atom. The van der Waals surface area contributed by atoms with Gasteiger partial charge in [0.05, 0.1) is 11.2 Å². The number of aromatic hydroxyl groups is 1. The maximum absolute atomic E-state index is 12.3. The molecular weight excluding hydrogens is 330 g/mol. The highest BCUT2D eigenvalue weighted by atomic mass is 16.3. The fourth-order valence-corrected chi connectivity index (χ4v) is 2.80. The maximum Gasteiger partial charge on any atom is 0.313 e. The van der Waals surface area contributed by atoms with Crippen LogP contribution in [0.3, 0.4) is 0 Å². The van der Waals surface area contributed by atoms with Crippen LogP contribution in [0.25, 0.3) is 22.2 Å². The number of nitrogens with zero attached hydrogens (tertiary/aromatic N) is 4. The molecule has 2 aromatic heterocycles. The molecular formula is C19H15N5O2. The summed E-state index contributed by atoms with van der Waals surface area (Å²) in [6.07, 6.45) is 0. The quantitative estimate of drug-likeness (QED) is 0.545. The van der Waals surface area contributed by atoms with Gasteiger partial charge in [0.2, 0.25) is 5.88 Å². The van der Waals surface area contributed by atoms with Crippen LogP contribution in [0.15, 0.2) is 70.9 Å². The molecule has 4 aromatic rings. The van der Waals surface area contributed by atoms with Gasteiger partial charge < -0.3 is 9.67 Å². The summed E-state index contributed by atoms with van der Waals surface area (Å²) in [6.45, 7) is 0. The summed E-state index contributed by atoms with van der Waals surface area (Å²) in [5, 5.41) is 25.5. The van der Waals surface area contributed by atoms with Gasteiger partial charge in [0.1, 0.15) is 5.69 Å². The molecule has 0 fully saturated rings. The molecule has 7 nitrogen and oxygen atoms in total. The van der Waals surface area contributed by atoms with Gasteiger partial charge in [-0.25, -0.2) is 0 Å². The lowest BCUT2D eigenvalue weighted by molar-refractivity contribution is 0.0990. The minimum atomic E-state index is -0.563. The number of para-hydroxylation sites is 1. The third kappa shape index (κ3) is 2.65. The number of rotatable bonds is 3. The Balaban J connectivity index is 1.63. The van der Waals surface area contributed by atoms with Crippen molar-refractivity contribution in [3.05, 3.63) is 66.4 Å². The van der Waals surface area contributed by atoms with E-state index in [-0.39, 0.29) is 17.3 Å². The largest absolute Gasteiger partial charge is 0.493 e. The Morgan fingerprint density at radius 2 is 1.85 bits per heavy atom. The van der Waals surface area contributed by atoms with Crippen molar-refractivity contribution in [2.45, 2.75) is 0 Å². The van der Waals surface area contributed by atoms with E-state index in [1.165, 1.54) is 0 Å². The monoisotopic (exact) mass is 345 g/mol. The second kappa shape index (κ2) is 6.29. The highest BCUT2D eigenvalue weighted by Gasteiger charge is 2.15. The normalized spacial score (nSPS) is 11.4.